The molecule has 0 heteroatoms. The molecule has 0 N–H and O–H groups in total. The fourth-order valence-electron chi connectivity index (χ4n) is 6.99. The van der Waals surface area contributed by atoms with Crippen molar-refractivity contribution in [3.05, 3.63) is 47.6 Å². The molecule has 3 saturated carbocycles. The minimum atomic E-state index is 0.488. The molecule has 0 aromatic rings. The molecule has 0 saturated heterocycles. The molecule has 0 heterocycles. The number of hydrogen-bond donors (Lipinski definition) is 0. The van der Waals surface area contributed by atoms with Crippen molar-refractivity contribution < 1.29 is 0 Å². The third kappa shape index (κ3) is 5.66. The highest BCUT2D eigenvalue weighted by Gasteiger charge is 2.50. The van der Waals surface area contributed by atoms with Crippen molar-refractivity contribution in [3.8, 4) is 0 Å². The van der Waals surface area contributed by atoms with Gasteiger partial charge in [-0.3, -0.25) is 0 Å². The van der Waals surface area contributed by atoms with E-state index in [1.807, 2.05) is 0 Å². The summed E-state index contributed by atoms with van der Waals surface area (Å²) >= 11 is 0. The van der Waals surface area contributed by atoms with E-state index < -0.39 is 0 Å². The first-order valence-electron chi connectivity index (χ1n) is 13.5. The van der Waals surface area contributed by atoms with Gasteiger partial charge in [0.1, 0.15) is 0 Å². The highest BCUT2D eigenvalue weighted by atomic mass is 14.5. The minimum absolute atomic E-state index is 0.488. The Labute approximate surface area is 194 Å². The van der Waals surface area contributed by atoms with Crippen LogP contribution < -0.4 is 0 Å². The Morgan fingerprint density at radius 1 is 1.03 bits per heavy atom. The fraction of sp³-hybridized carbons (Fsp3) is 0.742. The molecule has 31 heavy (non-hydrogen) atoms. The van der Waals surface area contributed by atoms with Crippen LogP contribution >= 0.6 is 0 Å². The molecule has 0 spiro atoms. The molecule has 6 atom stereocenters. The molecule has 3 aliphatic carbocycles. The normalized spacial score (nSPS) is 36.5. The van der Waals surface area contributed by atoms with Crippen LogP contribution in [0.5, 0.6) is 0 Å². The Hall–Kier alpha value is -1.04. The van der Waals surface area contributed by atoms with Crippen molar-refractivity contribution in [2.45, 2.75) is 106 Å². The van der Waals surface area contributed by atoms with E-state index in [4.69, 9.17) is 0 Å². The summed E-state index contributed by atoms with van der Waals surface area (Å²) in [6.07, 6.45) is 23.5. The van der Waals surface area contributed by atoms with Crippen molar-refractivity contribution in [3.63, 3.8) is 0 Å². The van der Waals surface area contributed by atoms with Crippen LogP contribution in [0.4, 0.5) is 0 Å². The van der Waals surface area contributed by atoms with Crippen LogP contribution in [0.1, 0.15) is 106 Å². The van der Waals surface area contributed by atoms with Crippen molar-refractivity contribution in [1.82, 2.24) is 0 Å². The van der Waals surface area contributed by atoms with Gasteiger partial charge < -0.3 is 0 Å². The summed E-state index contributed by atoms with van der Waals surface area (Å²) in [5.74, 6) is 4.63. The quantitative estimate of drug-likeness (QED) is 0.358. The molecule has 174 valence electrons. The van der Waals surface area contributed by atoms with Gasteiger partial charge in [-0.2, -0.15) is 0 Å². The first kappa shape index (κ1) is 24.6. The molecule has 3 rings (SSSR count). The molecule has 0 aliphatic heterocycles. The molecule has 3 aliphatic rings. The lowest BCUT2D eigenvalue weighted by Crippen LogP contribution is -2.35. The zero-order valence-corrected chi connectivity index (χ0v) is 21.6. The van der Waals surface area contributed by atoms with Crippen LogP contribution in [0.2, 0.25) is 0 Å². The van der Waals surface area contributed by atoms with E-state index in [-0.39, 0.29) is 0 Å². The zero-order chi connectivity index (χ0) is 22.6. The Morgan fingerprint density at radius 2 is 1.81 bits per heavy atom. The maximum atomic E-state index is 4.41. The topological polar surface area (TPSA) is 0 Å². The Morgan fingerprint density at radius 3 is 2.52 bits per heavy atom. The van der Waals surface area contributed by atoms with Crippen LogP contribution in [0.15, 0.2) is 47.6 Å². The van der Waals surface area contributed by atoms with Gasteiger partial charge in [-0.15, -0.1) is 0 Å². The van der Waals surface area contributed by atoms with Crippen LogP contribution in [-0.2, 0) is 0 Å². The van der Waals surface area contributed by atoms with E-state index in [2.05, 4.69) is 72.4 Å². The third-order valence-corrected chi connectivity index (χ3v) is 9.46. The monoisotopic (exact) mass is 422 g/mol. The Kier molecular flexibility index (Phi) is 8.51. The first-order chi connectivity index (χ1) is 14.8. The summed E-state index contributed by atoms with van der Waals surface area (Å²) in [4.78, 5) is 0. The molecule has 0 amide bonds. The summed E-state index contributed by atoms with van der Waals surface area (Å²) < 4.78 is 0. The fourth-order valence-corrected chi connectivity index (χ4v) is 6.99. The number of fused-ring (bicyclic) bond motifs is 1. The van der Waals surface area contributed by atoms with Crippen LogP contribution in [-0.4, -0.2) is 0 Å². The van der Waals surface area contributed by atoms with Gasteiger partial charge in [0.05, 0.1) is 0 Å². The molecule has 0 nitrogen and oxygen atoms in total. The lowest BCUT2D eigenvalue weighted by molar-refractivity contribution is 0.112. The third-order valence-electron chi connectivity index (χ3n) is 9.46. The zero-order valence-electron chi connectivity index (χ0n) is 21.6. The highest BCUT2D eigenvalue weighted by Crippen LogP contribution is 2.59. The summed E-state index contributed by atoms with van der Waals surface area (Å²) in [7, 11) is 0. The van der Waals surface area contributed by atoms with Gasteiger partial charge in [0.2, 0.25) is 0 Å². The Balaban J connectivity index is 1.73. The molecular formula is C31H50. The van der Waals surface area contributed by atoms with Crippen molar-refractivity contribution in [1.29, 1.82) is 0 Å². The van der Waals surface area contributed by atoms with Gasteiger partial charge in [-0.1, -0.05) is 96.4 Å². The summed E-state index contributed by atoms with van der Waals surface area (Å²) in [6, 6.07) is 0. The summed E-state index contributed by atoms with van der Waals surface area (Å²) in [6.45, 7) is 18.9. The van der Waals surface area contributed by atoms with Gasteiger partial charge in [-0.05, 0) is 97.9 Å². The van der Waals surface area contributed by atoms with Crippen LogP contribution in [0.3, 0.4) is 0 Å². The molecule has 0 bridgehead atoms. The average Bonchev–Trinajstić information content (AvgIpc) is 3.09. The lowest BCUT2D eigenvalue weighted by Gasteiger charge is -2.44. The summed E-state index contributed by atoms with van der Waals surface area (Å²) in [5, 5.41) is 0. The smallest absolute Gasteiger partial charge is 0.0143 e. The largest absolute Gasteiger partial charge is 0.0956 e. The summed E-state index contributed by atoms with van der Waals surface area (Å²) in [5.41, 5.74) is 5.20. The van der Waals surface area contributed by atoms with Gasteiger partial charge in [0.25, 0.3) is 0 Å². The number of allylic oxidation sites excluding steroid dienone is 7. The van der Waals surface area contributed by atoms with Crippen molar-refractivity contribution in [2.75, 3.05) is 0 Å². The molecule has 6 unspecified atom stereocenters. The van der Waals surface area contributed by atoms with Gasteiger partial charge >= 0.3 is 0 Å². The molecule has 3 fully saturated rings. The van der Waals surface area contributed by atoms with E-state index in [0.29, 0.717) is 17.3 Å². The van der Waals surface area contributed by atoms with Crippen molar-refractivity contribution >= 4 is 0 Å². The van der Waals surface area contributed by atoms with E-state index in [9.17, 15) is 0 Å². The first-order valence-corrected chi connectivity index (χ1v) is 13.5. The predicted octanol–water partition coefficient (Wildman–Crippen LogP) is 9.70. The average molecular weight is 423 g/mol. The molecule has 0 radical (unpaired) electrons. The second kappa shape index (κ2) is 10.7. The molecule has 0 aromatic carbocycles. The van der Waals surface area contributed by atoms with E-state index in [1.165, 1.54) is 69.8 Å². The van der Waals surface area contributed by atoms with Gasteiger partial charge in [0, 0.05) is 0 Å². The Bertz CT molecular complexity index is 702. The highest BCUT2D eigenvalue weighted by molar-refractivity contribution is 5.36. The van der Waals surface area contributed by atoms with Crippen LogP contribution in [0.25, 0.3) is 0 Å². The standard InChI is InChI=1S/C31H50/c1-8-10-26-15-14-24(5)28(21-26)17-16-27-11-9-20-31(7)29(18-19-30(27)31)25(6)13-12-23(4)22(2)3/h12-13,16-17,22-23,25-26,29-30H,5,8-11,14-15,18-21H2,1-4,6-7H3/b13-12+,27-16+,28-17-. The van der Waals surface area contributed by atoms with Crippen molar-refractivity contribution in [2.24, 2.45) is 40.9 Å². The second-order valence-electron chi connectivity index (χ2n) is 11.9. The molecule has 0 aromatic heterocycles. The van der Waals surface area contributed by atoms with Crippen LogP contribution in [0, 0.1) is 40.9 Å². The molecular weight excluding hydrogens is 372 g/mol. The maximum absolute atomic E-state index is 4.41. The van der Waals surface area contributed by atoms with Gasteiger partial charge in [0.15, 0.2) is 0 Å². The number of hydrogen-bond acceptors (Lipinski definition) is 0. The van der Waals surface area contributed by atoms with E-state index in [0.717, 1.165) is 23.7 Å². The minimum Gasteiger partial charge on any atom is -0.0956 e. The second-order valence-corrected chi connectivity index (χ2v) is 11.9. The van der Waals surface area contributed by atoms with Gasteiger partial charge in [-0.25, -0.2) is 0 Å². The van der Waals surface area contributed by atoms with E-state index >= 15 is 0 Å². The number of rotatable bonds is 7. The SMILES string of the molecule is C=C1CCC(CCC)C/C1=C/C=C1\CCCC2(C)C1CCC2C(C)/C=C/C(C)C(C)C. The van der Waals surface area contributed by atoms with E-state index in [1.54, 1.807) is 11.1 Å². The maximum Gasteiger partial charge on any atom is -0.0143 e. The lowest BCUT2D eigenvalue weighted by atomic mass is 9.61. The predicted molar refractivity (Wildman–Crippen MR) is 138 cm³/mol.